The maximum absolute atomic E-state index is 12.5. The van der Waals surface area contributed by atoms with Gasteiger partial charge in [-0.3, -0.25) is 4.79 Å². The van der Waals surface area contributed by atoms with Crippen LogP contribution in [-0.4, -0.2) is 35.4 Å². The van der Waals surface area contributed by atoms with Crippen molar-refractivity contribution in [2.75, 3.05) is 19.6 Å². The molecule has 1 aromatic heterocycles. The summed E-state index contributed by atoms with van der Waals surface area (Å²) in [5, 5.41) is 13.7. The molecule has 112 valence electrons. The number of aromatic nitrogens is 1. The molecule has 0 unspecified atom stereocenters. The highest BCUT2D eigenvalue weighted by molar-refractivity contribution is 7.12. The molecule has 2 aromatic rings. The number of hydrogen-bond acceptors (Lipinski definition) is 5. The standard InChI is InChI=1S/C16H16N4OS/c17-11-18-8-12-6-7-20(9-12)16(21)15-19-14(10-22-15)13-4-2-1-3-5-13/h1-5,10,12,18H,6-9H2/t12-/m1/s1. The lowest BCUT2D eigenvalue weighted by atomic mass is 10.1. The Morgan fingerprint density at radius 2 is 2.27 bits per heavy atom. The van der Waals surface area contributed by atoms with Gasteiger partial charge in [-0.15, -0.1) is 11.3 Å². The maximum atomic E-state index is 12.5. The molecular weight excluding hydrogens is 296 g/mol. The third-order valence-corrected chi connectivity index (χ3v) is 4.63. The van der Waals surface area contributed by atoms with E-state index in [4.69, 9.17) is 5.26 Å². The van der Waals surface area contributed by atoms with Crippen molar-refractivity contribution in [3.63, 3.8) is 0 Å². The predicted molar refractivity (Wildman–Crippen MR) is 85.2 cm³/mol. The number of nitriles is 1. The van der Waals surface area contributed by atoms with Gasteiger partial charge in [0.15, 0.2) is 11.2 Å². The van der Waals surface area contributed by atoms with Crippen molar-refractivity contribution in [1.82, 2.24) is 15.2 Å². The number of nitrogens with one attached hydrogen (secondary N) is 1. The van der Waals surface area contributed by atoms with Crippen molar-refractivity contribution in [3.05, 3.63) is 40.7 Å². The number of benzene rings is 1. The zero-order valence-electron chi connectivity index (χ0n) is 12.0. The van der Waals surface area contributed by atoms with Gasteiger partial charge < -0.3 is 10.2 Å². The van der Waals surface area contributed by atoms with Crippen molar-refractivity contribution >= 4 is 17.2 Å². The van der Waals surface area contributed by atoms with Crippen LogP contribution < -0.4 is 5.32 Å². The first-order chi connectivity index (χ1) is 10.8. The summed E-state index contributed by atoms with van der Waals surface area (Å²) in [4.78, 5) is 18.8. The number of rotatable bonds is 4. The Morgan fingerprint density at radius 1 is 1.45 bits per heavy atom. The Bertz CT molecular complexity index is 692. The Balaban J connectivity index is 1.67. The monoisotopic (exact) mass is 312 g/mol. The molecule has 1 aromatic carbocycles. The van der Waals surface area contributed by atoms with Gasteiger partial charge >= 0.3 is 0 Å². The number of amides is 1. The van der Waals surface area contributed by atoms with Crippen molar-refractivity contribution in [2.24, 2.45) is 5.92 Å². The van der Waals surface area contributed by atoms with E-state index in [1.54, 1.807) is 0 Å². The molecular formula is C16H16N4OS. The van der Waals surface area contributed by atoms with Crippen LogP contribution in [0.3, 0.4) is 0 Å². The molecule has 1 aliphatic heterocycles. The highest BCUT2D eigenvalue weighted by Gasteiger charge is 2.28. The molecule has 0 bridgehead atoms. The largest absolute Gasteiger partial charge is 0.336 e. The average Bonchev–Trinajstić information content (AvgIpc) is 3.23. The first-order valence-corrected chi connectivity index (χ1v) is 8.08. The van der Waals surface area contributed by atoms with E-state index in [0.29, 0.717) is 24.0 Å². The molecule has 5 nitrogen and oxygen atoms in total. The summed E-state index contributed by atoms with van der Waals surface area (Å²) in [5.74, 6) is 0.337. The van der Waals surface area contributed by atoms with Gasteiger partial charge in [0.25, 0.3) is 5.91 Å². The first-order valence-electron chi connectivity index (χ1n) is 7.20. The molecule has 0 spiro atoms. The van der Waals surface area contributed by atoms with Gasteiger partial charge in [-0.1, -0.05) is 30.3 Å². The molecule has 6 heteroatoms. The topological polar surface area (TPSA) is 69.0 Å². The predicted octanol–water partition coefficient (Wildman–Crippen LogP) is 2.34. The maximum Gasteiger partial charge on any atom is 0.282 e. The highest BCUT2D eigenvalue weighted by Crippen LogP contribution is 2.24. The fraction of sp³-hybridized carbons (Fsp3) is 0.312. The number of carbonyl (C=O) groups is 1. The molecule has 3 rings (SSSR count). The van der Waals surface area contributed by atoms with E-state index in [-0.39, 0.29) is 5.91 Å². The Morgan fingerprint density at radius 3 is 3.05 bits per heavy atom. The van der Waals surface area contributed by atoms with E-state index in [2.05, 4.69) is 10.3 Å². The minimum atomic E-state index is -0.00774. The quantitative estimate of drug-likeness (QED) is 0.695. The third kappa shape index (κ3) is 3.10. The number of carbonyl (C=O) groups excluding carboxylic acids is 1. The van der Waals surface area contributed by atoms with E-state index in [1.165, 1.54) is 11.3 Å². The number of nitrogens with zero attached hydrogens (tertiary/aromatic N) is 3. The van der Waals surface area contributed by atoms with E-state index in [0.717, 1.165) is 24.2 Å². The normalized spacial score (nSPS) is 17.2. The number of thiazole rings is 1. The Labute approximate surface area is 133 Å². The van der Waals surface area contributed by atoms with E-state index in [1.807, 2.05) is 46.8 Å². The second-order valence-electron chi connectivity index (χ2n) is 5.30. The second kappa shape index (κ2) is 6.58. The molecule has 0 aliphatic carbocycles. The molecule has 1 atom stereocenters. The molecule has 22 heavy (non-hydrogen) atoms. The lowest BCUT2D eigenvalue weighted by molar-refractivity contribution is 0.0787. The zero-order valence-corrected chi connectivity index (χ0v) is 12.8. The molecule has 1 aliphatic rings. The van der Waals surface area contributed by atoms with Crippen LogP contribution in [-0.2, 0) is 0 Å². The van der Waals surface area contributed by atoms with Crippen molar-refractivity contribution in [2.45, 2.75) is 6.42 Å². The van der Waals surface area contributed by atoms with Gasteiger partial charge in [0.2, 0.25) is 0 Å². The summed E-state index contributed by atoms with van der Waals surface area (Å²) in [6, 6.07) is 9.86. The van der Waals surface area contributed by atoms with Gasteiger partial charge in [-0.2, -0.15) is 5.26 Å². The van der Waals surface area contributed by atoms with Gasteiger partial charge in [0.1, 0.15) is 0 Å². The zero-order chi connectivity index (χ0) is 15.4. The van der Waals surface area contributed by atoms with Crippen molar-refractivity contribution in [3.8, 4) is 17.5 Å². The summed E-state index contributed by atoms with van der Waals surface area (Å²) in [6.07, 6.45) is 2.86. The van der Waals surface area contributed by atoms with Gasteiger partial charge in [-0.05, 0) is 12.3 Å². The summed E-state index contributed by atoms with van der Waals surface area (Å²) < 4.78 is 0. The molecule has 0 radical (unpaired) electrons. The minimum absolute atomic E-state index is 0.00774. The van der Waals surface area contributed by atoms with E-state index >= 15 is 0 Å². The second-order valence-corrected chi connectivity index (χ2v) is 6.16. The lowest BCUT2D eigenvalue weighted by Gasteiger charge is -2.14. The van der Waals surface area contributed by atoms with Crippen LogP contribution in [0, 0.1) is 17.4 Å². The Hall–Kier alpha value is -2.39. The van der Waals surface area contributed by atoms with Crippen LogP contribution in [0.25, 0.3) is 11.3 Å². The smallest absolute Gasteiger partial charge is 0.282 e. The molecule has 1 fully saturated rings. The SMILES string of the molecule is N#CNC[C@H]1CCN(C(=O)c2nc(-c3ccccc3)cs2)C1. The molecule has 1 N–H and O–H groups in total. The van der Waals surface area contributed by atoms with E-state index < -0.39 is 0 Å². The van der Waals surface area contributed by atoms with Crippen molar-refractivity contribution < 1.29 is 4.79 Å². The summed E-state index contributed by atoms with van der Waals surface area (Å²) in [5.41, 5.74) is 1.87. The number of hydrogen-bond donors (Lipinski definition) is 1. The fourth-order valence-corrected chi connectivity index (χ4v) is 3.42. The molecule has 1 amide bonds. The van der Waals surface area contributed by atoms with Crippen LogP contribution >= 0.6 is 11.3 Å². The van der Waals surface area contributed by atoms with Crippen LogP contribution in [0.4, 0.5) is 0 Å². The minimum Gasteiger partial charge on any atom is -0.336 e. The van der Waals surface area contributed by atoms with Crippen molar-refractivity contribution in [1.29, 1.82) is 5.26 Å². The average molecular weight is 312 g/mol. The molecule has 1 saturated heterocycles. The summed E-state index contributed by atoms with van der Waals surface area (Å²) >= 11 is 1.39. The van der Waals surface area contributed by atoms with Crippen LogP contribution in [0.15, 0.2) is 35.7 Å². The lowest BCUT2D eigenvalue weighted by Crippen LogP contribution is -2.30. The van der Waals surface area contributed by atoms with Gasteiger partial charge in [0, 0.05) is 30.6 Å². The summed E-state index contributed by atoms with van der Waals surface area (Å²) in [7, 11) is 0. The van der Waals surface area contributed by atoms with Crippen LogP contribution in [0.5, 0.6) is 0 Å². The van der Waals surface area contributed by atoms with E-state index in [9.17, 15) is 4.79 Å². The summed E-state index contributed by atoms with van der Waals surface area (Å²) in [6.45, 7) is 2.05. The molecule has 2 heterocycles. The number of likely N-dealkylation sites (tertiary alicyclic amines) is 1. The van der Waals surface area contributed by atoms with Gasteiger partial charge in [-0.25, -0.2) is 4.98 Å². The fourth-order valence-electron chi connectivity index (χ4n) is 2.62. The Kier molecular flexibility index (Phi) is 4.35. The third-order valence-electron chi connectivity index (χ3n) is 3.80. The van der Waals surface area contributed by atoms with Crippen LogP contribution in [0.1, 0.15) is 16.2 Å². The van der Waals surface area contributed by atoms with Gasteiger partial charge in [0.05, 0.1) is 5.69 Å². The molecule has 0 saturated carbocycles. The van der Waals surface area contributed by atoms with Crippen LogP contribution in [0.2, 0.25) is 0 Å². The highest BCUT2D eigenvalue weighted by atomic mass is 32.1. The first kappa shape index (κ1) is 14.5.